The van der Waals surface area contributed by atoms with E-state index < -0.39 is 5.60 Å². The van der Waals surface area contributed by atoms with Crippen LogP contribution in [0.2, 0.25) is 0 Å². The van der Waals surface area contributed by atoms with Crippen LogP contribution in [0, 0.1) is 0 Å². The highest BCUT2D eigenvalue weighted by Gasteiger charge is 2.35. The second-order valence-corrected chi connectivity index (χ2v) is 4.94. The Hall–Kier alpha value is -0.380. The Morgan fingerprint density at radius 3 is 2.59 bits per heavy atom. The van der Waals surface area contributed by atoms with Gasteiger partial charge in [0, 0.05) is 6.04 Å². The van der Waals surface area contributed by atoms with Crippen LogP contribution in [0.25, 0.3) is 0 Å². The van der Waals surface area contributed by atoms with Gasteiger partial charge in [-0.1, -0.05) is 43.2 Å². The van der Waals surface area contributed by atoms with E-state index in [0.29, 0.717) is 0 Å². The van der Waals surface area contributed by atoms with Gasteiger partial charge in [-0.05, 0) is 31.2 Å². The molecule has 0 unspecified atom stereocenters. The summed E-state index contributed by atoms with van der Waals surface area (Å²) in [4.78, 5) is 0. The van der Waals surface area contributed by atoms with Gasteiger partial charge in [-0.2, -0.15) is 0 Å². The molecule has 0 bridgehead atoms. The summed E-state index contributed by atoms with van der Waals surface area (Å²) in [5.74, 6) is 0. The lowest BCUT2D eigenvalue weighted by Gasteiger charge is -2.38. The zero-order valence-corrected chi connectivity index (χ0v) is 11.9. The fourth-order valence-corrected chi connectivity index (χ4v) is 2.57. The zero-order chi connectivity index (χ0) is 11.4. The molecular weight excluding hydrogens is 278 g/mol. The molecule has 1 fully saturated rings. The average molecular weight is 300 g/mol. The Morgan fingerprint density at radius 2 is 1.94 bits per heavy atom. The highest BCUT2D eigenvalue weighted by Crippen LogP contribution is 2.31. The van der Waals surface area contributed by atoms with E-state index in [1.807, 2.05) is 18.2 Å². The molecule has 0 radical (unpaired) electrons. The van der Waals surface area contributed by atoms with E-state index in [1.54, 1.807) is 0 Å². The molecule has 1 aliphatic rings. The third-order valence-corrected chi connectivity index (χ3v) is 3.75. The normalized spacial score (nSPS) is 28.5. The number of benzene rings is 1. The largest absolute Gasteiger partial charge is 0.388 e. The fraction of sp³-hybridized carbons (Fsp3) is 0.571. The van der Waals surface area contributed by atoms with Crippen LogP contribution in [0.1, 0.15) is 37.7 Å². The summed E-state index contributed by atoms with van der Waals surface area (Å²) in [6.45, 7) is 0. The third-order valence-electron chi connectivity index (χ3n) is 3.75. The van der Waals surface area contributed by atoms with Crippen molar-refractivity contribution in [3.05, 3.63) is 35.9 Å². The van der Waals surface area contributed by atoms with Gasteiger partial charge in [0.25, 0.3) is 0 Å². The van der Waals surface area contributed by atoms with Gasteiger partial charge in [-0.3, -0.25) is 0 Å². The summed E-state index contributed by atoms with van der Waals surface area (Å²) in [7, 11) is 0. The van der Waals surface area contributed by atoms with Crippen molar-refractivity contribution < 1.29 is 5.11 Å². The van der Waals surface area contributed by atoms with E-state index in [1.165, 1.54) is 5.56 Å². The summed E-state index contributed by atoms with van der Waals surface area (Å²) in [6.07, 6.45) is 5.81. The molecule has 1 aromatic carbocycles. The van der Waals surface area contributed by atoms with Crippen molar-refractivity contribution in [3.8, 4) is 0 Å². The van der Waals surface area contributed by atoms with E-state index >= 15 is 0 Å². The van der Waals surface area contributed by atoms with E-state index in [-0.39, 0.29) is 23.0 Å². The van der Waals surface area contributed by atoms with Crippen LogP contribution in [-0.2, 0) is 6.42 Å². The van der Waals surface area contributed by atoms with Crippen LogP contribution in [0.3, 0.4) is 0 Å². The number of hydrogen-bond donors (Lipinski definition) is 2. The number of aliphatic hydroxyl groups is 1. The van der Waals surface area contributed by atoms with E-state index in [0.717, 1.165) is 38.5 Å². The molecule has 2 nitrogen and oxygen atoms in total. The van der Waals surface area contributed by atoms with Gasteiger partial charge in [-0.25, -0.2) is 0 Å². The van der Waals surface area contributed by atoms with E-state index in [2.05, 4.69) is 12.1 Å². The topological polar surface area (TPSA) is 46.2 Å². The Labute approximate surface area is 114 Å². The number of nitrogens with two attached hydrogens (primary N) is 1. The summed E-state index contributed by atoms with van der Waals surface area (Å²) < 4.78 is 0. The number of hydrogen-bond acceptors (Lipinski definition) is 2. The standard InChI is InChI=1S/C14H21NO.BrH/c15-13-8-4-5-10-14(13,16)11-9-12-6-2-1-3-7-12;/h1-3,6-7,13,16H,4-5,8-11,15H2;1H/t13-,14+;/m0./s1. The predicted octanol–water partition coefficient (Wildman–Crippen LogP) is 2.83. The molecule has 2 atom stereocenters. The Bertz CT molecular complexity index is 330. The molecule has 17 heavy (non-hydrogen) atoms. The Balaban J connectivity index is 0.00000144. The number of halogens is 1. The minimum absolute atomic E-state index is 0. The third kappa shape index (κ3) is 3.80. The molecule has 0 aliphatic heterocycles. The van der Waals surface area contributed by atoms with E-state index in [4.69, 9.17) is 5.73 Å². The first-order chi connectivity index (χ1) is 7.71. The number of aryl methyl sites for hydroxylation is 1. The summed E-state index contributed by atoms with van der Waals surface area (Å²) in [5, 5.41) is 10.5. The monoisotopic (exact) mass is 299 g/mol. The molecule has 3 N–H and O–H groups in total. The molecule has 0 saturated heterocycles. The highest BCUT2D eigenvalue weighted by molar-refractivity contribution is 8.93. The first kappa shape index (κ1) is 14.7. The molecule has 2 rings (SSSR count). The van der Waals surface area contributed by atoms with Gasteiger partial charge in [0.05, 0.1) is 5.60 Å². The molecule has 0 amide bonds. The molecule has 0 heterocycles. The molecule has 1 aliphatic carbocycles. The maximum Gasteiger partial charge on any atom is 0.0801 e. The van der Waals surface area contributed by atoms with Crippen LogP contribution in [0.4, 0.5) is 0 Å². The summed E-state index contributed by atoms with van der Waals surface area (Å²) in [6, 6.07) is 10.3. The average Bonchev–Trinajstić information content (AvgIpc) is 2.32. The first-order valence-corrected chi connectivity index (χ1v) is 6.23. The minimum atomic E-state index is -0.631. The van der Waals surface area contributed by atoms with Gasteiger partial charge < -0.3 is 10.8 Å². The van der Waals surface area contributed by atoms with Gasteiger partial charge in [0.15, 0.2) is 0 Å². The predicted molar refractivity (Wildman–Crippen MR) is 76.5 cm³/mol. The number of rotatable bonds is 3. The smallest absolute Gasteiger partial charge is 0.0801 e. The van der Waals surface area contributed by atoms with Crippen LogP contribution in [0.5, 0.6) is 0 Å². The quantitative estimate of drug-likeness (QED) is 0.901. The summed E-state index contributed by atoms with van der Waals surface area (Å²) in [5.41, 5.74) is 6.68. The van der Waals surface area contributed by atoms with Crippen molar-refractivity contribution in [3.63, 3.8) is 0 Å². The van der Waals surface area contributed by atoms with Crippen LogP contribution >= 0.6 is 17.0 Å². The summed E-state index contributed by atoms with van der Waals surface area (Å²) >= 11 is 0. The van der Waals surface area contributed by atoms with E-state index in [9.17, 15) is 5.11 Å². The second kappa shape index (κ2) is 6.53. The fourth-order valence-electron chi connectivity index (χ4n) is 2.57. The van der Waals surface area contributed by atoms with Crippen LogP contribution < -0.4 is 5.73 Å². The van der Waals surface area contributed by atoms with Crippen molar-refractivity contribution in [1.82, 2.24) is 0 Å². The molecule has 3 heteroatoms. The lowest BCUT2D eigenvalue weighted by Crippen LogP contribution is -2.50. The van der Waals surface area contributed by atoms with Gasteiger partial charge in [-0.15, -0.1) is 17.0 Å². The lowest BCUT2D eigenvalue weighted by molar-refractivity contribution is -0.0211. The molecule has 1 aromatic rings. The van der Waals surface area contributed by atoms with Gasteiger partial charge in [0.2, 0.25) is 0 Å². The Morgan fingerprint density at radius 1 is 1.24 bits per heavy atom. The lowest BCUT2D eigenvalue weighted by atomic mass is 9.77. The molecular formula is C14H22BrNO. The Kier molecular flexibility index (Phi) is 5.63. The van der Waals surface area contributed by atoms with Crippen molar-refractivity contribution >= 4 is 17.0 Å². The SMILES string of the molecule is Br.N[C@H]1CCCC[C@@]1(O)CCc1ccccc1. The second-order valence-electron chi connectivity index (χ2n) is 4.94. The minimum Gasteiger partial charge on any atom is -0.388 e. The maximum absolute atomic E-state index is 10.5. The highest BCUT2D eigenvalue weighted by atomic mass is 79.9. The molecule has 1 saturated carbocycles. The van der Waals surface area contributed by atoms with Crippen molar-refractivity contribution in [2.24, 2.45) is 5.73 Å². The molecule has 0 spiro atoms. The van der Waals surface area contributed by atoms with Crippen molar-refractivity contribution in [2.75, 3.05) is 0 Å². The van der Waals surface area contributed by atoms with Crippen molar-refractivity contribution in [2.45, 2.75) is 50.2 Å². The first-order valence-electron chi connectivity index (χ1n) is 6.23. The van der Waals surface area contributed by atoms with Crippen LogP contribution in [-0.4, -0.2) is 16.7 Å². The molecule has 0 aromatic heterocycles. The van der Waals surface area contributed by atoms with Crippen LogP contribution in [0.15, 0.2) is 30.3 Å². The van der Waals surface area contributed by atoms with Crippen molar-refractivity contribution in [1.29, 1.82) is 0 Å². The molecule has 96 valence electrons. The van der Waals surface area contributed by atoms with Gasteiger partial charge >= 0.3 is 0 Å². The zero-order valence-electron chi connectivity index (χ0n) is 10.1. The maximum atomic E-state index is 10.5. The van der Waals surface area contributed by atoms with Gasteiger partial charge in [0.1, 0.15) is 0 Å².